The molecule has 1 fully saturated rings. The second-order valence-electron chi connectivity index (χ2n) is 5.36. The molecule has 1 amide bonds. The number of amides is 1. The maximum atomic E-state index is 12.4. The van der Waals surface area contributed by atoms with Gasteiger partial charge in [-0.2, -0.15) is 0 Å². The first-order chi connectivity index (χ1) is 9.58. The topological polar surface area (TPSA) is 73.6 Å². The molecule has 3 rings (SSSR count). The Morgan fingerprint density at radius 2 is 1.85 bits per heavy atom. The average molecular weight is 297 g/mol. The van der Waals surface area contributed by atoms with Gasteiger partial charge in [0, 0.05) is 12.1 Å². The highest BCUT2D eigenvalue weighted by atomic mass is 35.5. The van der Waals surface area contributed by atoms with E-state index in [9.17, 15) is 4.79 Å². The van der Waals surface area contributed by atoms with Crippen LogP contribution in [0.25, 0.3) is 0 Å². The lowest BCUT2D eigenvalue weighted by Gasteiger charge is -2.31. The molecule has 20 heavy (non-hydrogen) atoms. The fourth-order valence-electron chi connectivity index (χ4n) is 2.67. The monoisotopic (exact) mass is 296 g/mol. The normalized spacial score (nSPS) is 19.7. The quantitative estimate of drug-likeness (QED) is 0.880. The first-order valence-corrected chi connectivity index (χ1v) is 7.16. The van der Waals surface area contributed by atoms with Gasteiger partial charge in [0.1, 0.15) is 0 Å². The zero-order chi connectivity index (χ0) is 14.2. The molecule has 1 aromatic rings. The zero-order valence-corrected chi connectivity index (χ0v) is 11.8. The zero-order valence-electron chi connectivity index (χ0n) is 11.1. The third-order valence-corrected chi connectivity index (χ3v) is 4.22. The predicted molar refractivity (Wildman–Crippen MR) is 76.2 cm³/mol. The van der Waals surface area contributed by atoms with Gasteiger partial charge in [0.25, 0.3) is 0 Å². The van der Waals surface area contributed by atoms with Crippen LogP contribution in [0.5, 0.6) is 11.5 Å². The number of hydrogen-bond acceptors (Lipinski definition) is 4. The van der Waals surface area contributed by atoms with Gasteiger partial charge in [-0.05, 0) is 12.8 Å². The highest BCUT2D eigenvalue weighted by Gasteiger charge is 2.35. The summed E-state index contributed by atoms with van der Waals surface area (Å²) >= 11 is 6.15. The van der Waals surface area contributed by atoms with Gasteiger partial charge in [-0.25, -0.2) is 0 Å². The van der Waals surface area contributed by atoms with Crippen molar-refractivity contribution in [3.8, 4) is 11.5 Å². The molecule has 1 saturated carbocycles. The Hall–Kier alpha value is -1.46. The van der Waals surface area contributed by atoms with Crippen LogP contribution in [0, 0.1) is 0 Å². The van der Waals surface area contributed by atoms with E-state index in [2.05, 4.69) is 5.32 Å². The smallest absolute Gasteiger partial charge is 0.244 e. The standard InChI is InChI=1S/C14H17ClN2O3/c15-9-6-11-12(20-8-19-11)7-10(9)17-13(18)14(16)4-2-1-3-5-14/h6-7H,1-5,8,16H2,(H,17,18). The third-order valence-electron chi connectivity index (χ3n) is 3.91. The number of rotatable bonds is 2. The SMILES string of the molecule is NC1(C(=O)Nc2cc3c(cc2Cl)OCO3)CCCCC1. The molecule has 1 aliphatic heterocycles. The van der Waals surface area contributed by atoms with E-state index in [0.29, 0.717) is 35.1 Å². The Bertz CT molecular complexity index is 541. The molecule has 5 nitrogen and oxygen atoms in total. The van der Waals surface area contributed by atoms with Crippen LogP contribution < -0.4 is 20.5 Å². The van der Waals surface area contributed by atoms with Crippen LogP contribution in [0.4, 0.5) is 5.69 Å². The van der Waals surface area contributed by atoms with Crippen LogP contribution in [0.15, 0.2) is 12.1 Å². The molecule has 0 bridgehead atoms. The van der Waals surface area contributed by atoms with E-state index in [1.165, 1.54) is 0 Å². The number of carbonyl (C=O) groups is 1. The largest absolute Gasteiger partial charge is 0.454 e. The van der Waals surface area contributed by atoms with E-state index in [1.807, 2.05) is 0 Å². The van der Waals surface area contributed by atoms with Crippen LogP contribution in [0.3, 0.4) is 0 Å². The molecule has 0 saturated heterocycles. The molecular weight excluding hydrogens is 280 g/mol. The predicted octanol–water partition coefficient (Wildman–Crippen LogP) is 2.67. The van der Waals surface area contributed by atoms with E-state index >= 15 is 0 Å². The van der Waals surface area contributed by atoms with E-state index in [-0.39, 0.29) is 12.7 Å². The van der Waals surface area contributed by atoms with Gasteiger partial charge in [0.05, 0.1) is 16.2 Å². The number of ether oxygens (including phenoxy) is 2. The summed E-state index contributed by atoms with van der Waals surface area (Å²) in [6, 6.07) is 3.32. The summed E-state index contributed by atoms with van der Waals surface area (Å²) in [5, 5.41) is 3.24. The molecule has 2 aliphatic rings. The second-order valence-corrected chi connectivity index (χ2v) is 5.76. The number of halogens is 1. The van der Waals surface area contributed by atoms with E-state index in [4.69, 9.17) is 26.8 Å². The molecule has 1 aromatic carbocycles. The summed E-state index contributed by atoms with van der Waals surface area (Å²) < 4.78 is 10.5. The van der Waals surface area contributed by atoms with Crippen molar-refractivity contribution in [2.24, 2.45) is 5.73 Å². The van der Waals surface area contributed by atoms with Gasteiger partial charge in [-0.1, -0.05) is 30.9 Å². The summed E-state index contributed by atoms with van der Waals surface area (Å²) in [4.78, 5) is 12.4. The number of nitrogens with one attached hydrogen (secondary N) is 1. The second kappa shape index (κ2) is 5.14. The highest BCUT2D eigenvalue weighted by molar-refractivity contribution is 6.34. The molecule has 0 unspecified atom stereocenters. The molecule has 6 heteroatoms. The van der Waals surface area contributed by atoms with Crippen LogP contribution in [0.2, 0.25) is 5.02 Å². The summed E-state index contributed by atoms with van der Waals surface area (Å²) in [5.41, 5.74) is 5.92. The molecule has 3 N–H and O–H groups in total. The van der Waals surface area contributed by atoms with Gasteiger partial charge in [-0.15, -0.1) is 0 Å². The Morgan fingerprint density at radius 3 is 2.55 bits per heavy atom. The molecular formula is C14H17ClN2O3. The van der Waals surface area contributed by atoms with Crippen molar-refractivity contribution in [3.05, 3.63) is 17.2 Å². The number of fused-ring (bicyclic) bond motifs is 1. The maximum absolute atomic E-state index is 12.4. The van der Waals surface area contributed by atoms with Crippen LogP contribution in [-0.2, 0) is 4.79 Å². The minimum absolute atomic E-state index is 0.171. The van der Waals surface area contributed by atoms with Crippen molar-refractivity contribution in [1.29, 1.82) is 0 Å². The van der Waals surface area contributed by atoms with Crippen molar-refractivity contribution in [2.75, 3.05) is 12.1 Å². The number of anilines is 1. The minimum atomic E-state index is -0.794. The molecule has 1 heterocycles. The summed E-state index contributed by atoms with van der Waals surface area (Å²) in [6.07, 6.45) is 4.52. The van der Waals surface area contributed by atoms with Crippen molar-refractivity contribution in [3.63, 3.8) is 0 Å². The molecule has 0 aromatic heterocycles. The molecule has 1 aliphatic carbocycles. The van der Waals surface area contributed by atoms with Crippen molar-refractivity contribution < 1.29 is 14.3 Å². The maximum Gasteiger partial charge on any atom is 0.244 e. The lowest BCUT2D eigenvalue weighted by atomic mass is 9.82. The Morgan fingerprint density at radius 1 is 1.20 bits per heavy atom. The molecule has 0 spiro atoms. The van der Waals surface area contributed by atoms with Crippen LogP contribution in [-0.4, -0.2) is 18.2 Å². The van der Waals surface area contributed by atoms with Gasteiger partial charge in [0.2, 0.25) is 12.7 Å². The van der Waals surface area contributed by atoms with Gasteiger partial charge in [0.15, 0.2) is 11.5 Å². The van der Waals surface area contributed by atoms with Gasteiger partial charge < -0.3 is 20.5 Å². The number of carbonyl (C=O) groups excluding carboxylic acids is 1. The lowest BCUT2D eigenvalue weighted by Crippen LogP contribution is -2.52. The van der Waals surface area contributed by atoms with Gasteiger partial charge in [-0.3, -0.25) is 4.79 Å². The van der Waals surface area contributed by atoms with Crippen LogP contribution >= 0.6 is 11.6 Å². The van der Waals surface area contributed by atoms with E-state index < -0.39 is 5.54 Å². The number of hydrogen-bond donors (Lipinski definition) is 2. The fourth-order valence-corrected chi connectivity index (χ4v) is 2.87. The lowest BCUT2D eigenvalue weighted by molar-refractivity contribution is -0.122. The third kappa shape index (κ3) is 2.43. The fraction of sp³-hybridized carbons (Fsp3) is 0.500. The summed E-state index contributed by atoms with van der Waals surface area (Å²) in [5.74, 6) is 0.991. The van der Waals surface area contributed by atoms with Gasteiger partial charge >= 0.3 is 0 Å². The molecule has 0 atom stereocenters. The average Bonchev–Trinajstić information content (AvgIpc) is 2.87. The van der Waals surface area contributed by atoms with Crippen molar-refractivity contribution in [2.45, 2.75) is 37.6 Å². The first-order valence-electron chi connectivity index (χ1n) is 6.78. The molecule has 0 radical (unpaired) electrons. The number of benzene rings is 1. The Balaban J connectivity index is 1.79. The number of nitrogens with two attached hydrogens (primary N) is 1. The van der Waals surface area contributed by atoms with Crippen LogP contribution in [0.1, 0.15) is 32.1 Å². The van der Waals surface area contributed by atoms with E-state index in [0.717, 1.165) is 19.3 Å². The summed E-state index contributed by atoms with van der Waals surface area (Å²) in [7, 11) is 0. The Labute approximate surface area is 122 Å². The highest BCUT2D eigenvalue weighted by Crippen LogP contribution is 2.39. The van der Waals surface area contributed by atoms with Crippen molar-refractivity contribution in [1.82, 2.24) is 0 Å². The summed E-state index contributed by atoms with van der Waals surface area (Å²) in [6.45, 7) is 0.171. The molecule has 108 valence electrons. The minimum Gasteiger partial charge on any atom is -0.454 e. The Kier molecular flexibility index (Phi) is 3.48. The first kappa shape index (κ1) is 13.5. The van der Waals surface area contributed by atoms with E-state index in [1.54, 1.807) is 12.1 Å². The van der Waals surface area contributed by atoms with Crippen molar-refractivity contribution >= 4 is 23.2 Å².